The van der Waals surface area contributed by atoms with Crippen LogP contribution in [0, 0.1) is 0 Å². The van der Waals surface area contributed by atoms with E-state index in [1.54, 1.807) is 48.5 Å². The molecule has 0 spiro atoms. The van der Waals surface area contributed by atoms with E-state index in [0.29, 0.717) is 22.6 Å². The summed E-state index contributed by atoms with van der Waals surface area (Å²) in [5.41, 5.74) is 1.85. The molecule has 1 aliphatic rings. The molecule has 2 aromatic rings. The number of oxime groups is 1. The maximum Gasteiger partial charge on any atom is 0.230 e. The number of nitrogens with zero attached hydrogens (tertiary/aromatic N) is 1. The average molecular weight is 347 g/mol. The standard InChI is InChI=1S/C17H17NO5S/c1-22-16-9-12(7-8-14(16)15-10-17(19)23-18-15)11-24(20,21)13-5-3-2-4-6-13/h2-9,17,19H,10-11H2,1H3. The van der Waals surface area contributed by atoms with Crippen molar-refractivity contribution in [1.82, 2.24) is 0 Å². The van der Waals surface area contributed by atoms with Gasteiger partial charge in [-0.3, -0.25) is 0 Å². The monoisotopic (exact) mass is 347 g/mol. The highest BCUT2D eigenvalue weighted by atomic mass is 32.2. The van der Waals surface area contributed by atoms with E-state index in [9.17, 15) is 13.5 Å². The first-order valence-corrected chi connectivity index (χ1v) is 9.00. The zero-order valence-electron chi connectivity index (χ0n) is 13.0. The second-order valence-corrected chi connectivity index (χ2v) is 7.40. The van der Waals surface area contributed by atoms with Crippen LogP contribution >= 0.6 is 0 Å². The van der Waals surface area contributed by atoms with Gasteiger partial charge in [0, 0.05) is 5.56 Å². The van der Waals surface area contributed by atoms with Crippen molar-refractivity contribution in [3.63, 3.8) is 0 Å². The molecule has 1 unspecified atom stereocenters. The molecule has 0 saturated heterocycles. The predicted molar refractivity (Wildman–Crippen MR) is 88.6 cm³/mol. The van der Waals surface area contributed by atoms with Crippen molar-refractivity contribution in [2.24, 2.45) is 5.16 Å². The summed E-state index contributed by atoms with van der Waals surface area (Å²) in [6, 6.07) is 13.4. The molecule has 3 rings (SSSR count). The minimum absolute atomic E-state index is 0.126. The van der Waals surface area contributed by atoms with Crippen molar-refractivity contribution < 1.29 is 23.1 Å². The van der Waals surface area contributed by atoms with E-state index < -0.39 is 16.1 Å². The van der Waals surface area contributed by atoms with Crippen LogP contribution in [0.2, 0.25) is 0 Å². The number of hydrogen-bond acceptors (Lipinski definition) is 6. The molecule has 1 N–H and O–H groups in total. The van der Waals surface area contributed by atoms with Crippen LogP contribution in [0.3, 0.4) is 0 Å². The molecule has 0 aliphatic carbocycles. The normalized spacial score (nSPS) is 17.2. The van der Waals surface area contributed by atoms with Gasteiger partial charge in [-0.2, -0.15) is 0 Å². The van der Waals surface area contributed by atoms with E-state index in [4.69, 9.17) is 9.57 Å². The minimum Gasteiger partial charge on any atom is -0.496 e. The maximum absolute atomic E-state index is 12.5. The van der Waals surface area contributed by atoms with Crippen LogP contribution in [-0.2, 0) is 20.4 Å². The van der Waals surface area contributed by atoms with Crippen molar-refractivity contribution in [3.8, 4) is 5.75 Å². The van der Waals surface area contributed by atoms with Gasteiger partial charge in [0.25, 0.3) is 0 Å². The zero-order chi connectivity index (χ0) is 17.2. The Morgan fingerprint density at radius 3 is 2.62 bits per heavy atom. The molecule has 0 aromatic heterocycles. The largest absolute Gasteiger partial charge is 0.496 e. The van der Waals surface area contributed by atoms with Gasteiger partial charge in [0.05, 0.1) is 29.9 Å². The maximum atomic E-state index is 12.5. The second kappa shape index (κ2) is 6.62. The van der Waals surface area contributed by atoms with Crippen LogP contribution in [0.5, 0.6) is 5.75 Å². The lowest BCUT2D eigenvalue weighted by Gasteiger charge is -2.10. The summed E-state index contributed by atoms with van der Waals surface area (Å²) in [6.07, 6.45) is -0.694. The molecule has 2 aromatic carbocycles. The minimum atomic E-state index is -3.43. The van der Waals surface area contributed by atoms with Crippen LogP contribution in [0.15, 0.2) is 58.6 Å². The van der Waals surface area contributed by atoms with Gasteiger partial charge in [0.15, 0.2) is 9.84 Å². The van der Waals surface area contributed by atoms with Crippen LogP contribution in [-0.4, -0.2) is 32.6 Å². The van der Waals surface area contributed by atoms with Gasteiger partial charge in [-0.15, -0.1) is 0 Å². The molecule has 1 heterocycles. The second-order valence-electron chi connectivity index (χ2n) is 5.41. The van der Waals surface area contributed by atoms with Crippen LogP contribution in [0.4, 0.5) is 0 Å². The van der Waals surface area contributed by atoms with Crippen molar-refractivity contribution in [2.75, 3.05) is 7.11 Å². The van der Waals surface area contributed by atoms with Gasteiger partial charge >= 0.3 is 0 Å². The molecule has 0 amide bonds. The molecule has 0 radical (unpaired) electrons. The number of aliphatic hydroxyl groups is 1. The number of sulfone groups is 1. The molecule has 6 nitrogen and oxygen atoms in total. The Hall–Kier alpha value is -2.38. The highest BCUT2D eigenvalue weighted by molar-refractivity contribution is 7.90. The lowest BCUT2D eigenvalue weighted by molar-refractivity contribution is -0.0762. The average Bonchev–Trinajstić information content (AvgIpc) is 3.01. The predicted octanol–water partition coefficient (Wildman–Crippen LogP) is 2.11. The van der Waals surface area contributed by atoms with Crippen molar-refractivity contribution in [3.05, 3.63) is 59.7 Å². The lowest BCUT2D eigenvalue weighted by Crippen LogP contribution is -2.09. The van der Waals surface area contributed by atoms with E-state index in [-0.39, 0.29) is 17.1 Å². The molecule has 1 atom stereocenters. The molecular formula is C17H17NO5S. The van der Waals surface area contributed by atoms with E-state index >= 15 is 0 Å². The Labute approximate surface area is 140 Å². The van der Waals surface area contributed by atoms with E-state index in [0.717, 1.165) is 0 Å². The van der Waals surface area contributed by atoms with Gasteiger partial charge < -0.3 is 14.7 Å². The number of ether oxygens (including phenoxy) is 1. The third kappa shape index (κ3) is 3.42. The number of benzene rings is 2. The van der Waals surface area contributed by atoms with E-state index in [1.807, 2.05) is 0 Å². The molecule has 24 heavy (non-hydrogen) atoms. The third-order valence-electron chi connectivity index (χ3n) is 3.69. The first-order chi connectivity index (χ1) is 11.5. The van der Waals surface area contributed by atoms with Gasteiger partial charge in [0.1, 0.15) is 5.75 Å². The quantitative estimate of drug-likeness (QED) is 0.895. The SMILES string of the molecule is COc1cc(CS(=O)(=O)c2ccccc2)ccc1C1=NOC(O)C1. The first-order valence-electron chi connectivity index (χ1n) is 7.35. The molecular weight excluding hydrogens is 330 g/mol. The summed E-state index contributed by atoms with van der Waals surface area (Å²) in [7, 11) is -1.93. The fourth-order valence-corrected chi connectivity index (χ4v) is 3.87. The van der Waals surface area contributed by atoms with Gasteiger partial charge in [0.2, 0.25) is 6.29 Å². The lowest BCUT2D eigenvalue weighted by atomic mass is 10.0. The number of rotatable bonds is 5. The molecule has 0 saturated carbocycles. The fraction of sp³-hybridized carbons (Fsp3) is 0.235. The van der Waals surface area contributed by atoms with E-state index in [2.05, 4.69) is 5.16 Å². The molecule has 1 aliphatic heterocycles. The Morgan fingerprint density at radius 2 is 2.00 bits per heavy atom. The Morgan fingerprint density at radius 1 is 1.25 bits per heavy atom. The Kier molecular flexibility index (Phi) is 4.55. The molecule has 0 fully saturated rings. The first kappa shape index (κ1) is 16.5. The van der Waals surface area contributed by atoms with Crippen molar-refractivity contribution in [2.45, 2.75) is 23.4 Å². The molecule has 7 heteroatoms. The molecule has 0 bridgehead atoms. The summed E-state index contributed by atoms with van der Waals surface area (Å²) in [5.74, 6) is 0.367. The third-order valence-corrected chi connectivity index (χ3v) is 5.39. The summed E-state index contributed by atoms with van der Waals surface area (Å²) < 4.78 is 30.3. The zero-order valence-corrected chi connectivity index (χ0v) is 13.9. The summed E-state index contributed by atoms with van der Waals surface area (Å²) >= 11 is 0. The van der Waals surface area contributed by atoms with Gasteiger partial charge in [-0.05, 0) is 29.8 Å². The van der Waals surface area contributed by atoms with Gasteiger partial charge in [-0.25, -0.2) is 8.42 Å². The molecule has 126 valence electrons. The fourth-order valence-electron chi connectivity index (χ4n) is 2.52. The highest BCUT2D eigenvalue weighted by Crippen LogP contribution is 2.27. The van der Waals surface area contributed by atoms with Crippen molar-refractivity contribution >= 4 is 15.5 Å². The topological polar surface area (TPSA) is 85.2 Å². The highest BCUT2D eigenvalue weighted by Gasteiger charge is 2.23. The van der Waals surface area contributed by atoms with Crippen LogP contribution in [0.1, 0.15) is 17.5 Å². The summed E-state index contributed by atoms with van der Waals surface area (Å²) in [6.45, 7) is 0. The number of hydrogen-bond donors (Lipinski definition) is 1. The van der Waals surface area contributed by atoms with Crippen LogP contribution in [0.25, 0.3) is 0 Å². The van der Waals surface area contributed by atoms with Crippen LogP contribution < -0.4 is 4.74 Å². The Balaban J connectivity index is 1.88. The van der Waals surface area contributed by atoms with E-state index in [1.165, 1.54) is 7.11 Å². The smallest absolute Gasteiger partial charge is 0.230 e. The van der Waals surface area contributed by atoms with Gasteiger partial charge in [-0.1, -0.05) is 29.4 Å². The Bertz CT molecular complexity index is 862. The summed E-state index contributed by atoms with van der Waals surface area (Å²) in [4.78, 5) is 5.06. The number of methoxy groups -OCH3 is 1. The number of aliphatic hydroxyl groups excluding tert-OH is 1. The summed E-state index contributed by atoms with van der Waals surface area (Å²) in [5, 5.41) is 13.2. The van der Waals surface area contributed by atoms with Crippen molar-refractivity contribution in [1.29, 1.82) is 0 Å².